The number of halogens is 1. The molecule has 0 bridgehead atoms. The van der Waals surface area contributed by atoms with Crippen LogP contribution in [0.15, 0.2) is 35.6 Å². The zero-order valence-corrected chi connectivity index (χ0v) is 9.35. The van der Waals surface area contributed by atoms with Crippen LogP contribution in [0.1, 0.15) is 5.69 Å². The third-order valence-corrected chi connectivity index (χ3v) is 2.52. The molecule has 1 aromatic heterocycles. The Morgan fingerprint density at radius 1 is 1.33 bits per heavy atom. The van der Waals surface area contributed by atoms with E-state index in [1.54, 1.807) is 6.20 Å². The standard InChI is InChI=1S/C10H8BrN3O/c11-5-9(14-15)10-6-12-7-3-1-2-4-8(7)13-10/h1-4,6,15H,5H2/b14-9-. The first-order valence-corrected chi connectivity index (χ1v) is 5.46. The van der Waals surface area contributed by atoms with Gasteiger partial charge in [0.25, 0.3) is 0 Å². The number of para-hydroxylation sites is 2. The monoisotopic (exact) mass is 265 g/mol. The minimum absolute atomic E-state index is 0.441. The molecule has 0 fully saturated rings. The van der Waals surface area contributed by atoms with Gasteiger partial charge in [-0.15, -0.1) is 0 Å². The SMILES string of the molecule is O/N=C(/CBr)c1cnc2ccccc2n1. The molecular formula is C10H8BrN3O. The van der Waals surface area contributed by atoms with Crippen LogP contribution < -0.4 is 0 Å². The van der Waals surface area contributed by atoms with Gasteiger partial charge in [0.05, 0.1) is 22.6 Å². The van der Waals surface area contributed by atoms with Crippen molar-refractivity contribution in [1.82, 2.24) is 9.97 Å². The van der Waals surface area contributed by atoms with E-state index >= 15 is 0 Å². The lowest BCUT2D eigenvalue weighted by molar-refractivity contribution is 0.319. The summed E-state index contributed by atoms with van der Waals surface area (Å²) >= 11 is 3.22. The molecule has 2 aromatic rings. The predicted molar refractivity (Wildman–Crippen MR) is 61.7 cm³/mol. The van der Waals surface area contributed by atoms with Crippen molar-refractivity contribution < 1.29 is 5.21 Å². The molecule has 0 aliphatic carbocycles. The van der Waals surface area contributed by atoms with Crippen LogP contribution >= 0.6 is 15.9 Å². The lowest BCUT2D eigenvalue weighted by Gasteiger charge is -2.01. The molecule has 76 valence electrons. The number of benzene rings is 1. The fourth-order valence-corrected chi connectivity index (χ4v) is 1.64. The maximum atomic E-state index is 8.74. The van der Waals surface area contributed by atoms with E-state index < -0.39 is 0 Å². The van der Waals surface area contributed by atoms with Gasteiger partial charge in [0, 0.05) is 0 Å². The number of alkyl halides is 1. The van der Waals surface area contributed by atoms with Gasteiger partial charge in [-0.3, -0.25) is 4.98 Å². The highest BCUT2D eigenvalue weighted by Crippen LogP contribution is 2.09. The molecule has 0 spiro atoms. The lowest BCUT2D eigenvalue weighted by Crippen LogP contribution is -2.06. The maximum Gasteiger partial charge on any atom is 0.117 e. The normalized spacial score (nSPS) is 11.9. The topological polar surface area (TPSA) is 58.4 Å². The van der Waals surface area contributed by atoms with Gasteiger partial charge in [-0.2, -0.15) is 0 Å². The number of rotatable bonds is 2. The van der Waals surface area contributed by atoms with Crippen molar-refractivity contribution in [3.05, 3.63) is 36.2 Å². The molecular weight excluding hydrogens is 258 g/mol. The van der Waals surface area contributed by atoms with Crippen molar-refractivity contribution in [2.45, 2.75) is 0 Å². The molecule has 0 saturated carbocycles. The third-order valence-electron chi connectivity index (χ3n) is 1.99. The largest absolute Gasteiger partial charge is 0.411 e. The summed E-state index contributed by atoms with van der Waals surface area (Å²) in [4.78, 5) is 8.56. The Balaban J connectivity index is 2.56. The smallest absolute Gasteiger partial charge is 0.117 e. The van der Waals surface area contributed by atoms with Crippen LogP contribution in [-0.2, 0) is 0 Å². The van der Waals surface area contributed by atoms with E-state index in [2.05, 4.69) is 31.1 Å². The molecule has 0 radical (unpaired) electrons. The van der Waals surface area contributed by atoms with Gasteiger partial charge in [-0.1, -0.05) is 33.2 Å². The highest BCUT2D eigenvalue weighted by Gasteiger charge is 2.05. The van der Waals surface area contributed by atoms with E-state index in [0.717, 1.165) is 11.0 Å². The molecule has 1 heterocycles. The molecule has 0 aliphatic rings. The van der Waals surface area contributed by atoms with Gasteiger partial charge < -0.3 is 5.21 Å². The summed E-state index contributed by atoms with van der Waals surface area (Å²) in [7, 11) is 0. The van der Waals surface area contributed by atoms with E-state index in [1.165, 1.54) is 0 Å². The average Bonchev–Trinajstić information content (AvgIpc) is 2.30. The number of fused-ring (bicyclic) bond motifs is 1. The summed E-state index contributed by atoms with van der Waals surface area (Å²) < 4.78 is 0. The van der Waals surface area contributed by atoms with E-state index in [1.807, 2.05) is 24.3 Å². The van der Waals surface area contributed by atoms with E-state index in [-0.39, 0.29) is 0 Å². The summed E-state index contributed by atoms with van der Waals surface area (Å²) in [6.07, 6.45) is 1.60. The first-order chi connectivity index (χ1) is 7.35. The van der Waals surface area contributed by atoms with Crippen LogP contribution in [-0.4, -0.2) is 26.2 Å². The summed E-state index contributed by atoms with van der Waals surface area (Å²) in [6.45, 7) is 0. The van der Waals surface area contributed by atoms with Gasteiger partial charge in [0.2, 0.25) is 0 Å². The van der Waals surface area contributed by atoms with Crippen molar-refractivity contribution in [2.24, 2.45) is 5.16 Å². The zero-order chi connectivity index (χ0) is 10.7. The molecule has 0 aliphatic heterocycles. The van der Waals surface area contributed by atoms with Crippen molar-refractivity contribution in [3.8, 4) is 0 Å². The molecule has 0 atom stereocenters. The maximum absolute atomic E-state index is 8.74. The Morgan fingerprint density at radius 2 is 2.07 bits per heavy atom. The summed E-state index contributed by atoms with van der Waals surface area (Å²) in [5.41, 5.74) is 2.66. The summed E-state index contributed by atoms with van der Waals surface area (Å²) in [5.74, 6) is 0. The second kappa shape index (κ2) is 4.35. The van der Waals surface area contributed by atoms with Gasteiger partial charge >= 0.3 is 0 Å². The summed E-state index contributed by atoms with van der Waals surface area (Å²) in [5, 5.41) is 12.3. The average molecular weight is 266 g/mol. The fraction of sp³-hybridized carbons (Fsp3) is 0.100. The number of aromatic nitrogens is 2. The quantitative estimate of drug-likeness (QED) is 0.392. The highest BCUT2D eigenvalue weighted by atomic mass is 79.9. The molecule has 5 heteroatoms. The van der Waals surface area contributed by atoms with Crippen molar-refractivity contribution >= 4 is 32.7 Å². The Morgan fingerprint density at radius 3 is 2.73 bits per heavy atom. The Bertz CT molecular complexity index is 513. The number of nitrogens with zero attached hydrogens (tertiary/aromatic N) is 3. The van der Waals surface area contributed by atoms with Crippen LogP contribution in [0.3, 0.4) is 0 Å². The molecule has 0 unspecified atom stereocenters. The predicted octanol–water partition coefficient (Wildman–Crippen LogP) is 2.20. The fourth-order valence-electron chi connectivity index (χ4n) is 1.24. The van der Waals surface area contributed by atoms with E-state index in [9.17, 15) is 0 Å². The molecule has 0 saturated heterocycles. The van der Waals surface area contributed by atoms with Crippen LogP contribution in [0.25, 0.3) is 11.0 Å². The zero-order valence-electron chi connectivity index (χ0n) is 7.76. The number of oxime groups is 1. The third kappa shape index (κ3) is 1.97. The molecule has 15 heavy (non-hydrogen) atoms. The summed E-state index contributed by atoms with van der Waals surface area (Å²) in [6, 6.07) is 7.55. The van der Waals surface area contributed by atoms with Gasteiger partial charge in [-0.05, 0) is 12.1 Å². The highest BCUT2D eigenvalue weighted by molar-refractivity contribution is 9.09. The first kappa shape index (κ1) is 10.0. The van der Waals surface area contributed by atoms with E-state index in [4.69, 9.17) is 5.21 Å². The van der Waals surface area contributed by atoms with Crippen LogP contribution in [0.4, 0.5) is 0 Å². The molecule has 4 nitrogen and oxygen atoms in total. The van der Waals surface area contributed by atoms with E-state index in [0.29, 0.717) is 16.7 Å². The van der Waals surface area contributed by atoms with Crippen LogP contribution in [0.5, 0.6) is 0 Å². The number of hydrogen-bond donors (Lipinski definition) is 1. The Labute approximate surface area is 94.8 Å². The molecule has 1 aromatic carbocycles. The van der Waals surface area contributed by atoms with Crippen LogP contribution in [0, 0.1) is 0 Å². The Hall–Kier alpha value is -1.49. The minimum Gasteiger partial charge on any atom is -0.411 e. The Kier molecular flexibility index (Phi) is 2.91. The van der Waals surface area contributed by atoms with Gasteiger partial charge in [0.1, 0.15) is 11.4 Å². The minimum atomic E-state index is 0.441. The second-order valence-electron chi connectivity index (χ2n) is 2.92. The van der Waals surface area contributed by atoms with Crippen molar-refractivity contribution in [1.29, 1.82) is 0 Å². The molecule has 2 rings (SSSR count). The lowest BCUT2D eigenvalue weighted by atomic mass is 10.2. The van der Waals surface area contributed by atoms with Gasteiger partial charge in [-0.25, -0.2) is 4.98 Å². The van der Waals surface area contributed by atoms with Crippen molar-refractivity contribution in [2.75, 3.05) is 5.33 Å². The molecule has 1 N–H and O–H groups in total. The first-order valence-electron chi connectivity index (χ1n) is 4.34. The van der Waals surface area contributed by atoms with Crippen LogP contribution in [0.2, 0.25) is 0 Å². The van der Waals surface area contributed by atoms with Crippen molar-refractivity contribution in [3.63, 3.8) is 0 Å². The number of hydrogen-bond acceptors (Lipinski definition) is 4. The molecule has 0 amide bonds. The second-order valence-corrected chi connectivity index (χ2v) is 3.49. The van der Waals surface area contributed by atoms with Gasteiger partial charge in [0.15, 0.2) is 0 Å².